The number of benzene rings is 1. The molecule has 3 nitrogen and oxygen atoms in total. The Morgan fingerprint density at radius 3 is 1.70 bits per heavy atom. The molecular weight excluding hydrogens is 128 g/mol. The minimum atomic E-state index is 0. The molecule has 2 rings (SSSR count). The lowest BCUT2D eigenvalue weighted by Crippen LogP contribution is -1.90. The van der Waals surface area contributed by atoms with Crippen LogP contribution in [0.3, 0.4) is 0 Å². The minimum absolute atomic E-state index is 0. The molecule has 2 aromatic rings. The van der Waals surface area contributed by atoms with Gasteiger partial charge in [0.25, 0.3) is 0 Å². The fraction of sp³-hybridized carbons (Fsp3) is 0.143. The molecule has 0 aromatic carbocycles. The number of nitrogens with zero attached hydrogens (tertiary/aromatic N) is 1. The van der Waals surface area contributed by atoms with E-state index in [-0.39, 0.29) is 12.9 Å². The molecule has 2 bridgehead atoms. The Bertz CT molecular complexity index is 254. The van der Waals surface area contributed by atoms with Crippen LogP contribution in [0.2, 0.25) is 0 Å². The van der Waals surface area contributed by atoms with Gasteiger partial charge in [0.05, 0.1) is 0 Å². The monoisotopic (exact) mass is 138 g/mol. The van der Waals surface area contributed by atoms with Gasteiger partial charge < -0.3 is 15.8 Å². The maximum Gasteiger partial charge on any atom is 0.120 e. The molecule has 2 aromatic heterocycles. The van der Waals surface area contributed by atoms with E-state index in [0.29, 0.717) is 0 Å². The molecule has 0 amide bonds. The SMILES string of the molecule is N.OCn1c2ccc1cc2. The summed E-state index contributed by atoms with van der Waals surface area (Å²) in [5, 5.41) is 8.75. The van der Waals surface area contributed by atoms with Crippen LogP contribution in [-0.2, 0) is 6.73 Å². The number of aliphatic hydroxyl groups is 1. The summed E-state index contributed by atoms with van der Waals surface area (Å²) in [6.07, 6.45) is 0. The first kappa shape index (κ1) is 7.05. The van der Waals surface area contributed by atoms with Crippen LogP contribution in [0, 0.1) is 0 Å². The largest absolute Gasteiger partial charge is 0.376 e. The number of rotatable bonds is 1. The minimum Gasteiger partial charge on any atom is -0.376 e. The summed E-state index contributed by atoms with van der Waals surface area (Å²) >= 11 is 0. The summed E-state index contributed by atoms with van der Waals surface area (Å²) in [5.41, 5.74) is 2.18. The Morgan fingerprint density at radius 2 is 1.50 bits per heavy atom. The number of aliphatic hydroxyl groups excluding tert-OH is 1. The van der Waals surface area contributed by atoms with Crippen molar-refractivity contribution in [3.63, 3.8) is 0 Å². The smallest absolute Gasteiger partial charge is 0.120 e. The number of fused-ring (bicyclic) bond motifs is 2. The van der Waals surface area contributed by atoms with E-state index in [2.05, 4.69) is 0 Å². The van der Waals surface area contributed by atoms with E-state index in [1.807, 2.05) is 28.8 Å². The predicted molar refractivity (Wildman–Crippen MR) is 40.4 cm³/mol. The highest BCUT2D eigenvalue weighted by atomic mass is 16.3. The lowest BCUT2D eigenvalue weighted by molar-refractivity contribution is 0.220. The summed E-state index contributed by atoms with van der Waals surface area (Å²) in [6.45, 7) is 0.0880. The average molecular weight is 138 g/mol. The van der Waals surface area contributed by atoms with E-state index in [9.17, 15) is 0 Å². The average Bonchev–Trinajstić information content (AvgIpc) is 2.44. The highest BCUT2D eigenvalue weighted by molar-refractivity contribution is 5.67. The Balaban J connectivity index is 0.000000500. The number of aromatic nitrogens is 1. The van der Waals surface area contributed by atoms with Gasteiger partial charge in [-0.15, -0.1) is 0 Å². The quantitative estimate of drug-likeness (QED) is 0.621. The van der Waals surface area contributed by atoms with Crippen LogP contribution >= 0.6 is 0 Å². The molecule has 0 saturated heterocycles. The molecule has 0 aliphatic carbocycles. The molecule has 0 unspecified atom stereocenters. The van der Waals surface area contributed by atoms with Gasteiger partial charge in [-0.2, -0.15) is 0 Å². The molecule has 0 aliphatic heterocycles. The fourth-order valence-electron chi connectivity index (χ4n) is 1.12. The number of hydrogen-bond donors (Lipinski definition) is 2. The molecule has 4 N–H and O–H groups in total. The molecule has 0 fully saturated rings. The summed E-state index contributed by atoms with van der Waals surface area (Å²) in [7, 11) is 0. The molecule has 10 heavy (non-hydrogen) atoms. The van der Waals surface area contributed by atoms with Crippen LogP contribution in [0.15, 0.2) is 24.3 Å². The van der Waals surface area contributed by atoms with Crippen LogP contribution in [0.1, 0.15) is 0 Å². The van der Waals surface area contributed by atoms with E-state index in [1.54, 1.807) is 0 Å². The Morgan fingerprint density at radius 1 is 1.10 bits per heavy atom. The molecule has 3 heteroatoms. The Labute approximate surface area is 58.8 Å². The van der Waals surface area contributed by atoms with Gasteiger partial charge in [-0.3, -0.25) is 0 Å². The van der Waals surface area contributed by atoms with Crippen molar-refractivity contribution >= 4 is 11.0 Å². The third-order valence-electron chi connectivity index (χ3n) is 1.61. The summed E-state index contributed by atoms with van der Waals surface area (Å²) < 4.78 is 1.85. The van der Waals surface area contributed by atoms with E-state index in [0.717, 1.165) is 11.0 Å². The van der Waals surface area contributed by atoms with Gasteiger partial charge in [0.15, 0.2) is 0 Å². The van der Waals surface area contributed by atoms with Crippen molar-refractivity contribution in [2.75, 3.05) is 0 Å². The van der Waals surface area contributed by atoms with Crippen LogP contribution in [0.5, 0.6) is 0 Å². The first-order valence-electron chi connectivity index (χ1n) is 2.90. The molecular formula is C7H10N2O. The van der Waals surface area contributed by atoms with Gasteiger partial charge >= 0.3 is 0 Å². The molecule has 0 saturated carbocycles. The highest BCUT2D eigenvalue weighted by Gasteiger charge is 1.99. The van der Waals surface area contributed by atoms with E-state index in [1.165, 1.54) is 0 Å². The van der Waals surface area contributed by atoms with Crippen molar-refractivity contribution in [1.82, 2.24) is 10.7 Å². The van der Waals surface area contributed by atoms with Crippen LogP contribution in [0.4, 0.5) is 0 Å². The van der Waals surface area contributed by atoms with E-state index in [4.69, 9.17) is 5.11 Å². The molecule has 0 atom stereocenters. The highest BCUT2D eigenvalue weighted by Crippen LogP contribution is 2.14. The Hall–Kier alpha value is -1.06. The topological polar surface area (TPSA) is 60.2 Å². The second kappa shape index (κ2) is 2.28. The van der Waals surface area contributed by atoms with Gasteiger partial charge in [-0.05, 0) is 24.3 Å². The Kier molecular flexibility index (Phi) is 1.61. The first-order chi connectivity index (χ1) is 4.42. The molecule has 54 valence electrons. The standard InChI is InChI=1S/C7H7NO.H3N/c9-5-8-6-1-2-7(8)4-3-6;/h1-4,9H,5H2;1H3. The summed E-state index contributed by atoms with van der Waals surface area (Å²) in [4.78, 5) is 0. The third-order valence-corrected chi connectivity index (χ3v) is 1.61. The van der Waals surface area contributed by atoms with Gasteiger partial charge in [-0.25, -0.2) is 0 Å². The van der Waals surface area contributed by atoms with Crippen molar-refractivity contribution in [3.05, 3.63) is 24.3 Å². The van der Waals surface area contributed by atoms with Crippen molar-refractivity contribution in [3.8, 4) is 0 Å². The normalized spacial score (nSPS) is 10.1. The maximum atomic E-state index is 8.75. The summed E-state index contributed by atoms with van der Waals surface area (Å²) in [5.74, 6) is 0. The van der Waals surface area contributed by atoms with Gasteiger partial charge in [0.2, 0.25) is 0 Å². The van der Waals surface area contributed by atoms with Gasteiger partial charge in [-0.1, -0.05) is 0 Å². The lowest BCUT2D eigenvalue weighted by Gasteiger charge is -1.93. The van der Waals surface area contributed by atoms with Crippen LogP contribution < -0.4 is 6.15 Å². The molecule has 0 radical (unpaired) electrons. The maximum absolute atomic E-state index is 8.75. The zero-order valence-corrected chi connectivity index (χ0v) is 5.62. The van der Waals surface area contributed by atoms with Crippen LogP contribution in [-0.4, -0.2) is 9.67 Å². The van der Waals surface area contributed by atoms with Crippen molar-refractivity contribution in [2.45, 2.75) is 6.73 Å². The second-order valence-corrected chi connectivity index (χ2v) is 2.09. The molecule has 0 aliphatic rings. The van der Waals surface area contributed by atoms with Crippen molar-refractivity contribution in [2.24, 2.45) is 0 Å². The lowest BCUT2D eigenvalue weighted by atomic mass is 10.4. The van der Waals surface area contributed by atoms with Crippen LogP contribution in [0.25, 0.3) is 11.0 Å². The number of hydrogen-bond acceptors (Lipinski definition) is 2. The third kappa shape index (κ3) is 0.683. The van der Waals surface area contributed by atoms with E-state index >= 15 is 0 Å². The second-order valence-electron chi connectivity index (χ2n) is 2.09. The molecule has 0 spiro atoms. The van der Waals surface area contributed by atoms with Crippen molar-refractivity contribution in [1.29, 1.82) is 0 Å². The van der Waals surface area contributed by atoms with Gasteiger partial charge in [0.1, 0.15) is 6.73 Å². The van der Waals surface area contributed by atoms with Gasteiger partial charge in [0, 0.05) is 11.0 Å². The van der Waals surface area contributed by atoms with E-state index < -0.39 is 0 Å². The predicted octanol–water partition coefficient (Wildman–Crippen LogP) is 1.19. The zero-order valence-electron chi connectivity index (χ0n) is 5.62. The summed E-state index contributed by atoms with van der Waals surface area (Å²) in [6, 6.07) is 7.97. The first-order valence-corrected chi connectivity index (χ1v) is 2.90. The fourth-order valence-corrected chi connectivity index (χ4v) is 1.12. The van der Waals surface area contributed by atoms with Crippen molar-refractivity contribution < 1.29 is 5.11 Å². The zero-order chi connectivity index (χ0) is 6.27. The molecule has 2 heterocycles.